The van der Waals surface area contributed by atoms with Crippen LogP contribution in [0.2, 0.25) is 0 Å². The number of aryl methyl sites for hydroxylation is 1. The van der Waals surface area contributed by atoms with E-state index >= 15 is 0 Å². The Kier molecular flexibility index (Phi) is 4.53. The van der Waals surface area contributed by atoms with E-state index in [4.69, 9.17) is 4.74 Å². The summed E-state index contributed by atoms with van der Waals surface area (Å²) < 4.78 is 4.94. The highest BCUT2D eigenvalue weighted by molar-refractivity contribution is 8.00. The lowest BCUT2D eigenvalue weighted by atomic mass is 9.98. The molecule has 2 atom stereocenters. The van der Waals surface area contributed by atoms with E-state index in [9.17, 15) is 4.79 Å². The Labute approximate surface area is 119 Å². The van der Waals surface area contributed by atoms with Crippen LogP contribution in [0.25, 0.3) is 0 Å². The first-order valence-corrected chi connectivity index (χ1v) is 7.49. The minimum atomic E-state index is -0.491. The molecule has 4 heteroatoms. The van der Waals surface area contributed by atoms with Gasteiger partial charge in [0.15, 0.2) is 0 Å². The third-order valence-corrected chi connectivity index (χ3v) is 5.36. The summed E-state index contributed by atoms with van der Waals surface area (Å²) in [5.41, 5.74) is 0.808. The number of carbonyl (C=O) groups excluding carboxylic acids is 1. The molecule has 1 aromatic carbocycles. The van der Waals surface area contributed by atoms with Crippen LogP contribution in [-0.4, -0.2) is 30.9 Å². The maximum absolute atomic E-state index is 11.9. The molecule has 0 heterocycles. The number of rotatable bonds is 4. The third-order valence-electron chi connectivity index (χ3n) is 3.91. The zero-order valence-corrected chi connectivity index (χ0v) is 12.5. The van der Waals surface area contributed by atoms with Gasteiger partial charge in [-0.15, -0.1) is 11.8 Å². The summed E-state index contributed by atoms with van der Waals surface area (Å²) in [6, 6.07) is 8.40. The molecule has 0 radical (unpaired) electrons. The van der Waals surface area contributed by atoms with Crippen LogP contribution in [0.3, 0.4) is 0 Å². The third kappa shape index (κ3) is 2.95. The van der Waals surface area contributed by atoms with E-state index in [0.29, 0.717) is 5.25 Å². The zero-order valence-electron chi connectivity index (χ0n) is 11.7. The van der Waals surface area contributed by atoms with Gasteiger partial charge in [-0.1, -0.05) is 18.2 Å². The van der Waals surface area contributed by atoms with Gasteiger partial charge in [0.2, 0.25) is 0 Å². The van der Waals surface area contributed by atoms with Crippen molar-refractivity contribution in [1.29, 1.82) is 0 Å². The molecule has 2 unspecified atom stereocenters. The van der Waals surface area contributed by atoms with Crippen molar-refractivity contribution in [2.24, 2.45) is 0 Å². The zero-order chi connectivity index (χ0) is 13.9. The lowest BCUT2D eigenvalue weighted by Crippen LogP contribution is -2.49. The van der Waals surface area contributed by atoms with Crippen molar-refractivity contribution in [1.82, 2.24) is 5.32 Å². The van der Waals surface area contributed by atoms with Crippen molar-refractivity contribution < 1.29 is 9.53 Å². The van der Waals surface area contributed by atoms with E-state index in [1.54, 1.807) is 0 Å². The van der Waals surface area contributed by atoms with E-state index < -0.39 is 5.54 Å². The fourth-order valence-electron chi connectivity index (χ4n) is 2.68. The molecular formula is C15H21NO2S. The van der Waals surface area contributed by atoms with Gasteiger partial charge in [0.25, 0.3) is 0 Å². The van der Waals surface area contributed by atoms with E-state index in [0.717, 1.165) is 19.3 Å². The number of hydrogen-bond donors (Lipinski definition) is 1. The molecule has 2 rings (SSSR count). The van der Waals surface area contributed by atoms with Crippen LogP contribution in [0.15, 0.2) is 29.2 Å². The number of likely N-dealkylation sites (N-methyl/N-ethyl adjacent to an activating group) is 1. The first-order valence-electron chi connectivity index (χ1n) is 6.61. The summed E-state index contributed by atoms with van der Waals surface area (Å²) in [6.45, 7) is 2.13. The van der Waals surface area contributed by atoms with Crippen LogP contribution < -0.4 is 5.32 Å². The van der Waals surface area contributed by atoms with Gasteiger partial charge < -0.3 is 10.1 Å². The molecule has 0 saturated heterocycles. The van der Waals surface area contributed by atoms with Crippen molar-refractivity contribution in [3.8, 4) is 0 Å². The molecule has 0 bridgehead atoms. The Bertz CT molecular complexity index is 463. The Morgan fingerprint density at radius 3 is 2.84 bits per heavy atom. The van der Waals surface area contributed by atoms with Gasteiger partial charge in [-0.05, 0) is 44.9 Å². The van der Waals surface area contributed by atoms with Crippen molar-refractivity contribution in [2.45, 2.75) is 41.9 Å². The molecule has 0 aromatic heterocycles. The van der Waals surface area contributed by atoms with E-state index in [2.05, 4.69) is 36.5 Å². The summed E-state index contributed by atoms with van der Waals surface area (Å²) >= 11 is 1.88. The molecule has 0 spiro atoms. The number of carbonyl (C=O) groups is 1. The summed E-state index contributed by atoms with van der Waals surface area (Å²) in [6.07, 6.45) is 2.71. The summed E-state index contributed by atoms with van der Waals surface area (Å²) in [5.74, 6) is -0.136. The maximum Gasteiger partial charge on any atom is 0.326 e. The second-order valence-corrected chi connectivity index (χ2v) is 6.41. The number of nitrogens with one attached hydrogen (secondary N) is 1. The first kappa shape index (κ1) is 14.4. The molecule has 1 saturated carbocycles. The molecular weight excluding hydrogens is 258 g/mol. The van der Waals surface area contributed by atoms with Crippen LogP contribution in [-0.2, 0) is 9.53 Å². The van der Waals surface area contributed by atoms with E-state index in [1.807, 2.05) is 18.8 Å². The Morgan fingerprint density at radius 2 is 2.21 bits per heavy atom. The number of methoxy groups -OCH3 is 1. The van der Waals surface area contributed by atoms with Crippen LogP contribution in [0, 0.1) is 6.92 Å². The monoisotopic (exact) mass is 279 g/mol. The minimum absolute atomic E-state index is 0.136. The molecule has 104 valence electrons. The van der Waals surface area contributed by atoms with Crippen molar-refractivity contribution in [3.05, 3.63) is 29.8 Å². The van der Waals surface area contributed by atoms with Gasteiger partial charge in [-0.2, -0.15) is 0 Å². The van der Waals surface area contributed by atoms with Crippen molar-refractivity contribution >= 4 is 17.7 Å². The Balaban J connectivity index is 2.06. The van der Waals surface area contributed by atoms with Crippen LogP contribution in [0.1, 0.15) is 24.8 Å². The average Bonchev–Trinajstić information content (AvgIpc) is 2.85. The molecule has 1 aliphatic rings. The normalized spacial score (nSPS) is 26.4. The van der Waals surface area contributed by atoms with Crippen LogP contribution >= 0.6 is 11.8 Å². The van der Waals surface area contributed by atoms with Gasteiger partial charge in [0.1, 0.15) is 5.54 Å². The average molecular weight is 279 g/mol. The standard InChI is InChI=1S/C15H21NO2S/c1-11-6-4-5-7-13(11)19-12-8-9-15(10-12,16-2)14(17)18-3/h4-7,12,16H,8-10H2,1-3H3. The fraction of sp³-hybridized carbons (Fsp3) is 0.533. The second kappa shape index (κ2) is 5.97. The lowest BCUT2D eigenvalue weighted by Gasteiger charge is -2.25. The molecule has 0 amide bonds. The highest BCUT2D eigenvalue weighted by atomic mass is 32.2. The van der Waals surface area contributed by atoms with Crippen LogP contribution in [0.4, 0.5) is 0 Å². The summed E-state index contributed by atoms with van der Waals surface area (Å²) in [7, 11) is 3.31. The number of ether oxygens (including phenoxy) is 1. The van der Waals surface area contributed by atoms with Gasteiger partial charge in [-0.25, -0.2) is 0 Å². The smallest absolute Gasteiger partial charge is 0.326 e. The number of thioether (sulfide) groups is 1. The molecule has 1 N–H and O–H groups in total. The second-order valence-electron chi connectivity index (χ2n) is 5.07. The summed E-state index contributed by atoms with van der Waals surface area (Å²) in [4.78, 5) is 13.2. The highest BCUT2D eigenvalue weighted by Gasteiger charge is 2.45. The van der Waals surface area contributed by atoms with Gasteiger partial charge in [0, 0.05) is 10.1 Å². The van der Waals surface area contributed by atoms with Crippen LogP contribution in [0.5, 0.6) is 0 Å². The van der Waals surface area contributed by atoms with E-state index in [1.165, 1.54) is 17.6 Å². The molecule has 19 heavy (non-hydrogen) atoms. The van der Waals surface area contributed by atoms with Crippen molar-refractivity contribution in [2.75, 3.05) is 14.2 Å². The summed E-state index contributed by atoms with van der Waals surface area (Å²) in [5, 5.41) is 3.64. The largest absolute Gasteiger partial charge is 0.468 e. The lowest BCUT2D eigenvalue weighted by molar-refractivity contribution is -0.148. The van der Waals surface area contributed by atoms with Gasteiger partial charge in [0.05, 0.1) is 7.11 Å². The minimum Gasteiger partial charge on any atom is -0.468 e. The first-order chi connectivity index (χ1) is 9.11. The maximum atomic E-state index is 11.9. The molecule has 3 nitrogen and oxygen atoms in total. The highest BCUT2D eigenvalue weighted by Crippen LogP contribution is 2.41. The number of esters is 1. The number of benzene rings is 1. The Hall–Kier alpha value is -1.00. The van der Waals surface area contributed by atoms with Crippen molar-refractivity contribution in [3.63, 3.8) is 0 Å². The Morgan fingerprint density at radius 1 is 1.47 bits per heavy atom. The molecule has 1 aliphatic carbocycles. The molecule has 0 aliphatic heterocycles. The topological polar surface area (TPSA) is 38.3 Å². The SMILES string of the molecule is CNC1(C(=O)OC)CCC(Sc2ccccc2C)C1. The predicted octanol–water partition coefficient (Wildman–Crippen LogP) is 2.77. The quantitative estimate of drug-likeness (QED) is 0.860. The fourth-order valence-corrected chi connectivity index (χ4v) is 4.05. The number of hydrogen-bond acceptors (Lipinski definition) is 4. The van der Waals surface area contributed by atoms with Gasteiger partial charge in [-0.3, -0.25) is 4.79 Å². The molecule has 1 aromatic rings. The molecule has 1 fully saturated rings. The van der Waals surface area contributed by atoms with E-state index in [-0.39, 0.29) is 5.97 Å². The predicted molar refractivity (Wildman–Crippen MR) is 78.5 cm³/mol. The van der Waals surface area contributed by atoms with Gasteiger partial charge >= 0.3 is 5.97 Å².